The number of hydrogen-bond donors (Lipinski definition) is 1. The van der Waals surface area contributed by atoms with Crippen molar-refractivity contribution in [3.05, 3.63) is 29.3 Å². The SMILES string of the molecule is CSCC[C@@H](NC(=O)COc1ccccc1Cl)C(=O)[O-]. The molecule has 0 unspecified atom stereocenters. The molecule has 0 saturated carbocycles. The number of hydrogen-bond acceptors (Lipinski definition) is 5. The molecule has 0 aliphatic heterocycles. The highest BCUT2D eigenvalue weighted by atomic mass is 35.5. The number of carboxylic acid groups (broad SMARTS) is 1. The van der Waals surface area contributed by atoms with E-state index in [-0.39, 0.29) is 6.61 Å². The summed E-state index contributed by atoms with van der Waals surface area (Å²) in [6.07, 6.45) is 2.16. The zero-order valence-electron chi connectivity index (χ0n) is 10.9. The predicted octanol–water partition coefficient (Wildman–Crippen LogP) is 0.707. The number of nitrogens with one attached hydrogen (secondary N) is 1. The highest BCUT2D eigenvalue weighted by molar-refractivity contribution is 7.98. The van der Waals surface area contributed by atoms with Gasteiger partial charge in [-0.25, -0.2) is 0 Å². The minimum Gasteiger partial charge on any atom is -0.548 e. The molecule has 0 radical (unpaired) electrons. The Morgan fingerprint density at radius 3 is 2.75 bits per heavy atom. The van der Waals surface area contributed by atoms with Crippen molar-refractivity contribution in [1.82, 2.24) is 5.32 Å². The van der Waals surface area contributed by atoms with E-state index in [4.69, 9.17) is 16.3 Å². The first kappa shape index (κ1) is 16.7. The lowest BCUT2D eigenvalue weighted by Crippen LogP contribution is -2.49. The molecule has 7 heteroatoms. The second kappa shape index (κ2) is 8.71. The Bertz CT molecular complexity index is 469. The van der Waals surface area contributed by atoms with E-state index in [1.165, 1.54) is 11.8 Å². The first-order valence-corrected chi connectivity index (χ1v) is 7.68. The Kier molecular flexibility index (Phi) is 7.25. The molecule has 5 nitrogen and oxygen atoms in total. The Hall–Kier alpha value is -1.40. The van der Waals surface area contributed by atoms with Gasteiger partial charge in [-0.15, -0.1) is 0 Å². The third-order valence-electron chi connectivity index (χ3n) is 2.43. The summed E-state index contributed by atoms with van der Waals surface area (Å²) in [5.41, 5.74) is 0. The quantitative estimate of drug-likeness (QED) is 0.764. The van der Waals surface area contributed by atoms with Gasteiger partial charge in [-0.2, -0.15) is 11.8 Å². The van der Waals surface area contributed by atoms with Gasteiger partial charge in [0.1, 0.15) is 5.75 Å². The fourth-order valence-electron chi connectivity index (χ4n) is 1.43. The summed E-state index contributed by atoms with van der Waals surface area (Å²) in [6, 6.07) is 5.71. The van der Waals surface area contributed by atoms with Crippen LogP contribution in [0.3, 0.4) is 0 Å². The van der Waals surface area contributed by atoms with E-state index in [2.05, 4.69) is 5.32 Å². The summed E-state index contributed by atoms with van der Waals surface area (Å²) < 4.78 is 5.22. The molecule has 0 aromatic heterocycles. The van der Waals surface area contributed by atoms with Crippen molar-refractivity contribution < 1.29 is 19.4 Å². The van der Waals surface area contributed by atoms with Crippen molar-refractivity contribution in [1.29, 1.82) is 0 Å². The van der Waals surface area contributed by atoms with Crippen LogP contribution in [-0.4, -0.2) is 36.5 Å². The van der Waals surface area contributed by atoms with Crippen molar-refractivity contribution in [2.75, 3.05) is 18.6 Å². The monoisotopic (exact) mass is 316 g/mol. The normalized spacial score (nSPS) is 11.7. The van der Waals surface area contributed by atoms with Gasteiger partial charge in [0.2, 0.25) is 0 Å². The van der Waals surface area contributed by atoms with Gasteiger partial charge in [-0.05, 0) is 30.6 Å². The zero-order chi connectivity index (χ0) is 15.0. The Morgan fingerprint density at radius 1 is 1.45 bits per heavy atom. The number of para-hydroxylation sites is 1. The molecule has 0 bridgehead atoms. The maximum absolute atomic E-state index is 11.6. The van der Waals surface area contributed by atoms with Crippen molar-refractivity contribution in [2.24, 2.45) is 0 Å². The Balaban J connectivity index is 2.46. The molecule has 1 rings (SSSR count). The first-order valence-electron chi connectivity index (χ1n) is 5.91. The molecule has 1 N–H and O–H groups in total. The molecule has 0 saturated heterocycles. The third-order valence-corrected chi connectivity index (χ3v) is 3.38. The number of halogens is 1. The standard InChI is InChI=1S/C13H16ClNO4S/c1-20-7-6-10(13(17)18)15-12(16)8-19-11-5-3-2-4-9(11)14/h2-5,10H,6-8H2,1H3,(H,15,16)(H,17,18)/p-1/t10-/m1/s1. The molecule has 0 aliphatic rings. The van der Waals surface area contributed by atoms with Gasteiger partial charge in [-0.1, -0.05) is 23.7 Å². The van der Waals surface area contributed by atoms with Gasteiger partial charge in [0.05, 0.1) is 17.0 Å². The summed E-state index contributed by atoms with van der Waals surface area (Å²) in [6.45, 7) is -0.299. The second-order valence-corrected chi connectivity index (χ2v) is 5.33. The van der Waals surface area contributed by atoms with Gasteiger partial charge >= 0.3 is 0 Å². The zero-order valence-corrected chi connectivity index (χ0v) is 12.5. The van der Waals surface area contributed by atoms with Crippen LogP contribution in [0, 0.1) is 0 Å². The molecule has 0 spiro atoms. The lowest BCUT2D eigenvalue weighted by atomic mass is 10.2. The van der Waals surface area contributed by atoms with E-state index in [0.717, 1.165) is 0 Å². The molecule has 0 fully saturated rings. The van der Waals surface area contributed by atoms with E-state index < -0.39 is 17.9 Å². The number of ether oxygens (including phenoxy) is 1. The minimum absolute atomic E-state index is 0.299. The van der Waals surface area contributed by atoms with E-state index in [0.29, 0.717) is 22.9 Å². The molecular formula is C13H15ClNO4S-. The van der Waals surface area contributed by atoms with Crippen LogP contribution in [0.1, 0.15) is 6.42 Å². The van der Waals surface area contributed by atoms with Gasteiger partial charge in [0.25, 0.3) is 5.91 Å². The number of rotatable bonds is 8. The van der Waals surface area contributed by atoms with E-state index in [9.17, 15) is 14.7 Å². The number of carbonyl (C=O) groups is 2. The van der Waals surface area contributed by atoms with Crippen molar-refractivity contribution >= 4 is 35.2 Å². The molecular weight excluding hydrogens is 302 g/mol. The van der Waals surface area contributed by atoms with Crippen molar-refractivity contribution in [3.8, 4) is 5.75 Å². The smallest absolute Gasteiger partial charge is 0.258 e. The molecule has 1 aromatic carbocycles. The fraction of sp³-hybridized carbons (Fsp3) is 0.385. The molecule has 0 aliphatic carbocycles. The van der Waals surface area contributed by atoms with Crippen LogP contribution in [0.4, 0.5) is 0 Å². The average Bonchev–Trinajstić information content (AvgIpc) is 2.42. The number of aliphatic carboxylic acids is 1. The van der Waals surface area contributed by atoms with E-state index in [1.807, 2.05) is 6.26 Å². The van der Waals surface area contributed by atoms with E-state index in [1.54, 1.807) is 24.3 Å². The van der Waals surface area contributed by atoms with Crippen LogP contribution in [0.25, 0.3) is 0 Å². The molecule has 20 heavy (non-hydrogen) atoms. The van der Waals surface area contributed by atoms with Crippen LogP contribution >= 0.6 is 23.4 Å². The average molecular weight is 317 g/mol. The summed E-state index contributed by atoms with van der Waals surface area (Å²) in [7, 11) is 0. The predicted molar refractivity (Wildman–Crippen MR) is 76.9 cm³/mol. The number of thioether (sulfide) groups is 1. The highest BCUT2D eigenvalue weighted by Crippen LogP contribution is 2.22. The minimum atomic E-state index is -1.30. The number of benzene rings is 1. The maximum atomic E-state index is 11.6. The Morgan fingerprint density at radius 2 is 2.15 bits per heavy atom. The van der Waals surface area contributed by atoms with Crippen LogP contribution in [0.5, 0.6) is 5.75 Å². The fourth-order valence-corrected chi connectivity index (χ4v) is 2.09. The third kappa shape index (κ3) is 5.71. The van der Waals surface area contributed by atoms with Crippen LogP contribution in [-0.2, 0) is 9.59 Å². The summed E-state index contributed by atoms with van der Waals surface area (Å²) in [4.78, 5) is 22.5. The number of amides is 1. The van der Waals surface area contributed by atoms with Crippen LogP contribution < -0.4 is 15.2 Å². The largest absolute Gasteiger partial charge is 0.548 e. The lowest BCUT2D eigenvalue weighted by Gasteiger charge is -2.19. The van der Waals surface area contributed by atoms with Crippen molar-refractivity contribution in [2.45, 2.75) is 12.5 Å². The molecule has 1 aromatic rings. The lowest BCUT2D eigenvalue weighted by molar-refractivity contribution is -0.308. The van der Waals surface area contributed by atoms with Gasteiger partial charge in [-0.3, -0.25) is 4.79 Å². The highest BCUT2D eigenvalue weighted by Gasteiger charge is 2.13. The van der Waals surface area contributed by atoms with Gasteiger partial charge < -0.3 is 20.0 Å². The molecule has 0 heterocycles. The van der Waals surface area contributed by atoms with Gasteiger partial charge in [0.15, 0.2) is 6.61 Å². The molecule has 1 amide bonds. The van der Waals surface area contributed by atoms with Crippen molar-refractivity contribution in [3.63, 3.8) is 0 Å². The molecule has 1 atom stereocenters. The second-order valence-electron chi connectivity index (χ2n) is 3.94. The Labute approximate surface area is 126 Å². The molecule has 110 valence electrons. The number of carbonyl (C=O) groups excluding carboxylic acids is 2. The van der Waals surface area contributed by atoms with Gasteiger partial charge in [0, 0.05) is 0 Å². The summed E-state index contributed by atoms with van der Waals surface area (Å²) >= 11 is 7.36. The van der Waals surface area contributed by atoms with Crippen LogP contribution in [0.15, 0.2) is 24.3 Å². The van der Waals surface area contributed by atoms with Crippen LogP contribution in [0.2, 0.25) is 5.02 Å². The topological polar surface area (TPSA) is 78.5 Å². The maximum Gasteiger partial charge on any atom is 0.258 e. The first-order chi connectivity index (χ1) is 9.54. The number of carboxylic acids is 1. The van der Waals surface area contributed by atoms with E-state index >= 15 is 0 Å². The summed E-state index contributed by atoms with van der Waals surface area (Å²) in [5.74, 6) is -0.839. The summed E-state index contributed by atoms with van der Waals surface area (Å²) in [5, 5.41) is 13.6.